The quantitative estimate of drug-likeness (QED) is 0.825. The highest BCUT2D eigenvalue weighted by molar-refractivity contribution is 5.49. The molecule has 0 atom stereocenters. The van der Waals surface area contributed by atoms with E-state index in [9.17, 15) is 0 Å². The average molecular weight is 247 g/mol. The summed E-state index contributed by atoms with van der Waals surface area (Å²) in [6.07, 6.45) is 9.78. The summed E-state index contributed by atoms with van der Waals surface area (Å²) in [5, 5.41) is 4.06. The van der Waals surface area contributed by atoms with Crippen molar-refractivity contribution in [1.29, 1.82) is 0 Å². The van der Waals surface area contributed by atoms with Crippen LogP contribution in [0.2, 0.25) is 0 Å². The summed E-state index contributed by atoms with van der Waals surface area (Å²) in [7, 11) is 0. The predicted molar refractivity (Wildman–Crippen MR) is 65.6 cm³/mol. The summed E-state index contributed by atoms with van der Waals surface area (Å²) in [6, 6.07) is 1.80. The van der Waals surface area contributed by atoms with E-state index in [0.29, 0.717) is 11.7 Å². The van der Waals surface area contributed by atoms with Crippen LogP contribution in [0.1, 0.15) is 44.3 Å². The Morgan fingerprint density at radius 2 is 1.94 bits per heavy atom. The van der Waals surface area contributed by atoms with Crippen molar-refractivity contribution < 1.29 is 8.94 Å². The zero-order valence-electron chi connectivity index (χ0n) is 10.3. The highest BCUT2D eigenvalue weighted by Crippen LogP contribution is 2.33. The van der Waals surface area contributed by atoms with Crippen LogP contribution in [0.5, 0.6) is 0 Å². The molecule has 5 heteroatoms. The molecule has 2 aromatic heterocycles. The summed E-state index contributed by atoms with van der Waals surface area (Å²) >= 11 is 0. The maximum atomic E-state index is 6.44. The van der Waals surface area contributed by atoms with E-state index in [2.05, 4.69) is 10.1 Å². The molecule has 5 nitrogen and oxygen atoms in total. The lowest BCUT2D eigenvalue weighted by atomic mass is 9.91. The molecule has 18 heavy (non-hydrogen) atoms. The zero-order chi connectivity index (χ0) is 12.4. The molecule has 2 N–H and O–H groups in total. The highest BCUT2D eigenvalue weighted by Gasteiger charge is 2.33. The maximum absolute atomic E-state index is 6.44. The topological polar surface area (TPSA) is 78.1 Å². The molecule has 0 aromatic carbocycles. The first kappa shape index (κ1) is 11.5. The second kappa shape index (κ2) is 4.57. The highest BCUT2D eigenvalue weighted by atomic mass is 16.5. The third-order valence-corrected chi connectivity index (χ3v) is 3.64. The fraction of sp³-hybridized carbons (Fsp3) is 0.538. The van der Waals surface area contributed by atoms with Crippen LogP contribution in [0.3, 0.4) is 0 Å². The van der Waals surface area contributed by atoms with Crippen LogP contribution in [0.4, 0.5) is 0 Å². The number of furan rings is 1. The molecule has 1 aliphatic carbocycles. The first-order valence-electron chi connectivity index (χ1n) is 6.44. The van der Waals surface area contributed by atoms with Gasteiger partial charge in [-0.1, -0.05) is 30.8 Å². The third kappa shape index (κ3) is 2.06. The minimum Gasteiger partial charge on any atom is -0.472 e. The van der Waals surface area contributed by atoms with Crippen LogP contribution < -0.4 is 5.73 Å². The van der Waals surface area contributed by atoms with Crippen LogP contribution in [-0.2, 0) is 5.54 Å². The van der Waals surface area contributed by atoms with Crippen LogP contribution in [0.15, 0.2) is 27.5 Å². The fourth-order valence-corrected chi connectivity index (χ4v) is 2.51. The molecule has 96 valence electrons. The van der Waals surface area contributed by atoms with Gasteiger partial charge in [-0.3, -0.25) is 0 Å². The van der Waals surface area contributed by atoms with Gasteiger partial charge in [-0.25, -0.2) is 0 Å². The molecule has 1 aliphatic rings. The van der Waals surface area contributed by atoms with Gasteiger partial charge in [0.25, 0.3) is 5.89 Å². The number of hydrogen-bond acceptors (Lipinski definition) is 5. The number of hydrogen-bond donors (Lipinski definition) is 1. The Morgan fingerprint density at radius 1 is 1.17 bits per heavy atom. The molecule has 0 radical (unpaired) electrons. The Labute approximate surface area is 105 Å². The first-order valence-corrected chi connectivity index (χ1v) is 6.44. The van der Waals surface area contributed by atoms with E-state index in [0.717, 1.165) is 31.2 Å². The van der Waals surface area contributed by atoms with E-state index < -0.39 is 5.54 Å². The number of rotatable bonds is 2. The molecule has 3 rings (SSSR count). The Bertz CT molecular complexity index is 496. The van der Waals surface area contributed by atoms with E-state index in [4.69, 9.17) is 14.7 Å². The number of nitrogens with zero attached hydrogens (tertiary/aromatic N) is 2. The van der Waals surface area contributed by atoms with Gasteiger partial charge in [0.1, 0.15) is 6.26 Å². The summed E-state index contributed by atoms with van der Waals surface area (Å²) in [5.41, 5.74) is 6.81. The van der Waals surface area contributed by atoms with Gasteiger partial charge in [0.05, 0.1) is 17.4 Å². The Kier molecular flexibility index (Phi) is 2.91. The van der Waals surface area contributed by atoms with Crippen molar-refractivity contribution >= 4 is 0 Å². The third-order valence-electron chi connectivity index (χ3n) is 3.64. The van der Waals surface area contributed by atoms with Crippen LogP contribution >= 0.6 is 0 Å². The molecule has 2 aromatic rings. The van der Waals surface area contributed by atoms with Gasteiger partial charge in [0, 0.05) is 0 Å². The standard InChI is InChI=1S/C13H17N3O2/c14-13(6-3-1-2-4-7-13)12-15-11(18-16-12)10-5-8-17-9-10/h5,8-9H,1-4,6-7,14H2. The Balaban J connectivity index is 1.88. The second-order valence-corrected chi connectivity index (χ2v) is 5.01. The smallest absolute Gasteiger partial charge is 0.261 e. The summed E-state index contributed by atoms with van der Waals surface area (Å²) in [4.78, 5) is 4.43. The lowest BCUT2D eigenvalue weighted by Gasteiger charge is -2.23. The monoisotopic (exact) mass is 247 g/mol. The second-order valence-electron chi connectivity index (χ2n) is 5.01. The molecule has 0 amide bonds. The van der Waals surface area contributed by atoms with Crippen molar-refractivity contribution in [2.24, 2.45) is 5.73 Å². The molecule has 2 heterocycles. The summed E-state index contributed by atoms with van der Waals surface area (Å²) in [6.45, 7) is 0. The lowest BCUT2D eigenvalue weighted by molar-refractivity contribution is 0.334. The fourth-order valence-electron chi connectivity index (χ4n) is 2.51. The molecule has 1 fully saturated rings. The van der Waals surface area contributed by atoms with Crippen molar-refractivity contribution in [3.63, 3.8) is 0 Å². The lowest BCUT2D eigenvalue weighted by Crippen LogP contribution is -2.37. The Morgan fingerprint density at radius 3 is 2.61 bits per heavy atom. The van der Waals surface area contributed by atoms with Gasteiger partial charge in [0.15, 0.2) is 5.82 Å². The predicted octanol–water partition coefficient (Wildman–Crippen LogP) is 2.84. The number of aromatic nitrogens is 2. The minimum atomic E-state index is -0.429. The number of nitrogens with two attached hydrogens (primary N) is 1. The normalized spacial score (nSPS) is 19.6. The van der Waals surface area contributed by atoms with Crippen molar-refractivity contribution in [2.75, 3.05) is 0 Å². The largest absolute Gasteiger partial charge is 0.472 e. The van der Waals surface area contributed by atoms with E-state index in [1.165, 1.54) is 12.8 Å². The maximum Gasteiger partial charge on any atom is 0.261 e. The van der Waals surface area contributed by atoms with Crippen molar-refractivity contribution in [2.45, 2.75) is 44.1 Å². The van der Waals surface area contributed by atoms with Gasteiger partial charge in [-0.05, 0) is 18.9 Å². The molecule has 0 aliphatic heterocycles. The van der Waals surface area contributed by atoms with Crippen LogP contribution in [-0.4, -0.2) is 10.1 Å². The SMILES string of the molecule is NC1(c2noc(-c3ccoc3)n2)CCCCCC1. The van der Waals surface area contributed by atoms with E-state index in [1.54, 1.807) is 18.6 Å². The van der Waals surface area contributed by atoms with Gasteiger partial charge < -0.3 is 14.7 Å². The molecule has 1 saturated carbocycles. The van der Waals surface area contributed by atoms with E-state index in [-0.39, 0.29) is 0 Å². The van der Waals surface area contributed by atoms with Gasteiger partial charge >= 0.3 is 0 Å². The summed E-state index contributed by atoms with van der Waals surface area (Å²) < 4.78 is 10.3. The summed E-state index contributed by atoms with van der Waals surface area (Å²) in [5.74, 6) is 1.11. The van der Waals surface area contributed by atoms with Crippen molar-refractivity contribution in [3.8, 4) is 11.5 Å². The molecule has 0 unspecified atom stereocenters. The zero-order valence-corrected chi connectivity index (χ0v) is 10.3. The molecule has 0 spiro atoms. The van der Waals surface area contributed by atoms with Crippen LogP contribution in [0, 0.1) is 0 Å². The van der Waals surface area contributed by atoms with Crippen molar-refractivity contribution in [1.82, 2.24) is 10.1 Å². The van der Waals surface area contributed by atoms with Crippen LogP contribution in [0.25, 0.3) is 11.5 Å². The average Bonchev–Trinajstić information content (AvgIpc) is 3.00. The van der Waals surface area contributed by atoms with E-state index in [1.807, 2.05) is 0 Å². The molecule has 0 saturated heterocycles. The van der Waals surface area contributed by atoms with Crippen molar-refractivity contribution in [3.05, 3.63) is 24.4 Å². The molecule has 0 bridgehead atoms. The Hall–Kier alpha value is -1.62. The van der Waals surface area contributed by atoms with Gasteiger partial charge in [-0.15, -0.1) is 0 Å². The molecular formula is C13H17N3O2. The molecular weight excluding hydrogens is 230 g/mol. The van der Waals surface area contributed by atoms with Gasteiger partial charge in [0.2, 0.25) is 0 Å². The van der Waals surface area contributed by atoms with E-state index >= 15 is 0 Å². The first-order chi connectivity index (χ1) is 8.78. The minimum absolute atomic E-state index is 0.429. The van der Waals surface area contributed by atoms with Gasteiger partial charge in [-0.2, -0.15) is 4.98 Å².